The number of benzene rings is 1. The molecular weight excluding hydrogens is 208 g/mol. The van der Waals surface area contributed by atoms with Crippen LogP contribution in [0.1, 0.15) is 51.0 Å². The highest BCUT2D eigenvalue weighted by Crippen LogP contribution is 2.35. The smallest absolute Gasteiger partial charge is 0.0622 e. The fourth-order valence-electron chi connectivity index (χ4n) is 2.74. The summed E-state index contributed by atoms with van der Waals surface area (Å²) in [4.78, 5) is 0. The van der Waals surface area contributed by atoms with Gasteiger partial charge in [0.15, 0.2) is 0 Å². The minimum Gasteiger partial charge on any atom is -0.390 e. The Bertz CT molecular complexity index is 325. The van der Waals surface area contributed by atoms with Gasteiger partial charge in [0.1, 0.15) is 0 Å². The van der Waals surface area contributed by atoms with Gasteiger partial charge in [0.25, 0.3) is 0 Å². The second-order valence-corrected chi connectivity index (χ2v) is 5.84. The highest BCUT2D eigenvalue weighted by Gasteiger charge is 2.28. The molecular formula is C16H24O. The monoisotopic (exact) mass is 232 g/mol. The molecule has 0 aliphatic heterocycles. The van der Waals surface area contributed by atoms with E-state index in [2.05, 4.69) is 30.3 Å². The van der Waals surface area contributed by atoms with E-state index in [0.717, 1.165) is 31.6 Å². The zero-order chi connectivity index (χ0) is 12.1. The maximum absolute atomic E-state index is 10.3. The van der Waals surface area contributed by atoms with Gasteiger partial charge in [-0.15, -0.1) is 0 Å². The Hall–Kier alpha value is -0.820. The summed E-state index contributed by atoms with van der Waals surface area (Å²) >= 11 is 0. The van der Waals surface area contributed by atoms with Crippen LogP contribution in [0.5, 0.6) is 0 Å². The van der Waals surface area contributed by atoms with E-state index in [4.69, 9.17) is 0 Å². The van der Waals surface area contributed by atoms with Gasteiger partial charge in [-0.2, -0.15) is 0 Å². The van der Waals surface area contributed by atoms with Gasteiger partial charge in [0, 0.05) is 0 Å². The third-order valence-corrected chi connectivity index (χ3v) is 3.98. The molecule has 0 spiro atoms. The highest BCUT2D eigenvalue weighted by atomic mass is 16.3. The molecule has 1 atom stereocenters. The van der Waals surface area contributed by atoms with Crippen LogP contribution in [0, 0.1) is 5.92 Å². The average Bonchev–Trinajstić information content (AvgIpc) is 2.25. The fourth-order valence-corrected chi connectivity index (χ4v) is 2.74. The topological polar surface area (TPSA) is 20.2 Å². The first kappa shape index (κ1) is 12.6. The van der Waals surface area contributed by atoms with Gasteiger partial charge in [0.2, 0.25) is 0 Å². The van der Waals surface area contributed by atoms with Crippen molar-refractivity contribution in [2.24, 2.45) is 5.92 Å². The molecule has 0 amide bonds. The first-order valence-electron chi connectivity index (χ1n) is 6.92. The maximum atomic E-state index is 10.3. The first-order chi connectivity index (χ1) is 8.16. The minimum absolute atomic E-state index is 0.445. The van der Waals surface area contributed by atoms with E-state index in [0.29, 0.717) is 0 Å². The van der Waals surface area contributed by atoms with E-state index >= 15 is 0 Å². The maximum Gasteiger partial charge on any atom is 0.0622 e. The summed E-state index contributed by atoms with van der Waals surface area (Å²) in [6.45, 7) is 2.01. The van der Waals surface area contributed by atoms with Crippen LogP contribution < -0.4 is 0 Å². The van der Waals surface area contributed by atoms with Crippen LogP contribution in [0.4, 0.5) is 0 Å². The number of rotatable bonds is 6. The predicted molar refractivity (Wildman–Crippen MR) is 72.0 cm³/mol. The molecule has 2 rings (SSSR count). The SMILES string of the molecule is CC(O)(CCCc1ccccc1)CC1CCC1. The van der Waals surface area contributed by atoms with Crippen molar-refractivity contribution in [2.45, 2.75) is 57.5 Å². The summed E-state index contributed by atoms with van der Waals surface area (Å²) in [5.41, 5.74) is 0.937. The van der Waals surface area contributed by atoms with Gasteiger partial charge in [-0.3, -0.25) is 0 Å². The van der Waals surface area contributed by atoms with Gasteiger partial charge in [-0.05, 0) is 44.1 Å². The molecule has 1 aliphatic carbocycles. The fraction of sp³-hybridized carbons (Fsp3) is 0.625. The Kier molecular flexibility index (Phi) is 4.22. The minimum atomic E-state index is -0.445. The van der Waals surface area contributed by atoms with Crippen LogP contribution in [0.3, 0.4) is 0 Å². The number of hydrogen-bond acceptors (Lipinski definition) is 1. The van der Waals surface area contributed by atoms with Crippen molar-refractivity contribution >= 4 is 0 Å². The van der Waals surface area contributed by atoms with Gasteiger partial charge in [0.05, 0.1) is 5.60 Å². The molecule has 1 saturated carbocycles. The zero-order valence-electron chi connectivity index (χ0n) is 10.9. The van der Waals surface area contributed by atoms with Crippen molar-refractivity contribution in [3.8, 4) is 0 Å². The summed E-state index contributed by atoms with van der Waals surface area (Å²) in [5.74, 6) is 0.793. The third-order valence-electron chi connectivity index (χ3n) is 3.98. The predicted octanol–water partition coefficient (Wildman–Crippen LogP) is 3.95. The Morgan fingerprint density at radius 2 is 1.94 bits per heavy atom. The van der Waals surface area contributed by atoms with Gasteiger partial charge in [-0.1, -0.05) is 49.6 Å². The van der Waals surface area contributed by atoms with E-state index < -0.39 is 5.60 Å². The van der Waals surface area contributed by atoms with Crippen molar-refractivity contribution in [3.05, 3.63) is 35.9 Å². The normalized spacial score (nSPS) is 19.6. The standard InChI is InChI=1S/C16H24O/c1-16(17,13-15-9-5-10-15)12-6-11-14-7-3-2-4-8-14/h2-4,7-8,15,17H,5-6,9-13H2,1H3. The van der Waals surface area contributed by atoms with Crippen LogP contribution in [-0.4, -0.2) is 10.7 Å². The van der Waals surface area contributed by atoms with E-state index in [-0.39, 0.29) is 0 Å². The van der Waals surface area contributed by atoms with E-state index in [1.54, 1.807) is 0 Å². The van der Waals surface area contributed by atoms with Crippen molar-refractivity contribution in [2.75, 3.05) is 0 Å². The van der Waals surface area contributed by atoms with Crippen molar-refractivity contribution < 1.29 is 5.11 Å². The van der Waals surface area contributed by atoms with E-state index in [9.17, 15) is 5.11 Å². The molecule has 0 bridgehead atoms. The molecule has 1 fully saturated rings. The molecule has 0 aromatic heterocycles. The summed E-state index contributed by atoms with van der Waals surface area (Å²) in [6.07, 6.45) is 8.13. The molecule has 0 saturated heterocycles. The lowest BCUT2D eigenvalue weighted by Gasteiger charge is -2.33. The van der Waals surface area contributed by atoms with E-state index in [1.807, 2.05) is 6.92 Å². The second-order valence-electron chi connectivity index (χ2n) is 5.84. The van der Waals surface area contributed by atoms with Crippen LogP contribution >= 0.6 is 0 Å². The lowest BCUT2D eigenvalue weighted by Crippen LogP contribution is -2.30. The quantitative estimate of drug-likeness (QED) is 0.787. The molecule has 1 heteroatoms. The lowest BCUT2D eigenvalue weighted by molar-refractivity contribution is 0.0109. The van der Waals surface area contributed by atoms with E-state index in [1.165, 1.54) is 24.8 Å². The van der Waals surface area contributed by atoms with Gasteiger partial charge < -0.3 is 5.11 Å². The largest absolute Gasteiger partial charge is 0.390 e. The molecule has 17 heavy (non-hydrogen) atoms. The second kappa shape index (κ2) is 5.68. The highest BCUT2D eigenvalue weighted by molar-refractivity contribution is 5.14. The molecule has 1 aliphatic rings. The molecule has 0 heterocycles. The Morgan fingerprint density at radius 1 is 1.24 bits per heavy atom. The summed E-state index contributed by atoms with van der Waals surface area (Å²) in [7, 11) is 0. The average molecular weight is 232 g/mol. The molecule has 1 aromatic carbocycles. The van der Waals surface area contributed by atoms with Crippen LogP contribution in [-0.2, 0) is 6.42 Å². The summed E-state index contributed by atoms with van der Waals surface area (Å²) in [5, 5.41) is 10.3. The molecule has 1 aromatic rings. The summed E-state index contributed by atoms with van der Waals surface area (Å²) < 4.78 is 0. The molecule has 1 unspecified atom stereocenters. The van der Waals surface area contributed by atoms with Crippen LogP contribution in [0.15, 0.2) is 30.3 Å². The van der Waals surface area contributed by atoms with Crippen molar-refractivity contribution in [3.63, 3.8) is 0 Å². The molecule has 1 N–H and O–H groups in total. The van der Waals surface area contributed by atoms with Crippen LogP contribution in [0.25, 0.3) is 0 Å². The zero-order valence-corrected chi connectivity index (χ0v) is 10.9. The lowest BCUT2D eigenvalue weighted by atomic mass is 9.76. The number of hydrogen-bond donors (Lipinski definition) is 1. The van der Waals surface area contributed by atoms with Crippen LogP contribution in [0.2, 0.25) is 0 Å². The third kappa shape index (κ3) is 4.16. The molecule has 94 valence electrons. The first-order valence-corrected chi connectivity index (χ1v) is 6.92. The summed E-state index contributed by atoms with van der Waals surface area (Å²) in [6, 6.07) is 10.6. The molecule has 0 radical (unpaired) electrons. The Labute approximate surface area is 105 Å². The Balaban J connectivity index is 1.69. The number of aliphatic hydroxyl groups is 1. The van der Waals surface area contributed by atoms with Crippen molar-refractivity contribution in [1.82, 2.24) is 0 Å². The number of aryl methyl sites for hydroxylation is 1. The van der Waals surface area contributed by atoms with Crippen molar-refractivity contribution in [1.29, 1.82) is 0 Å². The Morgan fingerprint density at radius 3 is 2.53 bits per heavy atom. The molecule has 1 nitrogen and oxygen atoms in total. The van der Waals surface area contributed by atoms with Gasteiger partial charge >= 0.3 is 0 Å². The van der Waals surface area contributed by atoms with Gasteiger partial charge in [-0.25, -0.2) is 0 Å².